The number of rotatable bonds is 4. The third-order valence-corrected chi connectivity index (χ3v) is 0.975. The highest BCUT2D eigenvalue weighted by Gasteiger charge is 2.22. The van der Waals surface area contributed by atoms with Crippen LogP contribution in [0.4, 0.5) is 0 Å². The van der Waals surface area contributed by atoms with Gasteiger partial charge in [-0.25, -0.2) is 0 Å². The van der Waals surface area contributed by atoms with Crippen molar-refractivity contribution in [3.63, 3.8) is 0 Å². The van der Waals surface area contributed by atoms with E-state index in [9.17, 15) is 4.79 Å². The predicted octanol–water partition coefficient (Wildman–Crippen LogP) is -2.74. The van der Waals surface area contributed by atoms with Crippen LogP contribution in [0, 0.1) is 0 Å². The summed E-state index contributed by atoms with van der Waals surface area (Å²) in [6.07, 6.45) is -6.67. The van der Waals surface area contributed by atoms with E-state index in [2.05, 4.69) is 0 Å². The summed E-state index contributed by atoms with van der Waals surface area (Å²) in [6, 6.07) is 0. The van der Waals surface area contributed by atoms with Gasteiger partial charge in [0, 0.05) is 0 Å². The van der Waals surface area contributed by atoms with Gasteiger partial charge in [-0.1, -0.05) is 0 Å². The molecule has 4 N–H and O–H groups in total. The molecule has 0 aromatic carbocycles. The molecule has 0 aliphatic heterocycles. The van der Waals surface area contributed by atoms with E-state index in [1.807, 2.05) is 0 Å². The van der Waals surface area contributed by atoms with Crippen molar-refractivity contribution >= 4 is 6.29 Å². The number of hydrogen-bond acceptors (Lipinski definition) is 5. The highest BCUT2D eigenvalue weighted by Crippen LogP contribution is 1.96. The van der Waals surface area contributed by atoms with E-state index in [1.165, 1.54) is 0 Å². The van der Waals surface area contributed by atoms with Crippen molar-refractivity contribution in [2.45, 2.75) is 18.3 Å². The van der Waals surface area contributed by atoms with Gasteiger partial charge in [0.15, 0.2) is 6.29 Å². The molecular weight excluding hydrogens is 140 g/mol. The fraction of sp³-hybridized carbons (Fsp3) is 0.800. The average Bonchev–Trinajstić information content (AvgIpc) is 2.01. The quantitative estimate of drug-likeness (QED) is 0.327. The number of aliphatic hydroxyl groups is 4. The predicted molar refractivity (Wildman–Crippen MR) is 31.2 cm³/mol. The average molecular weight is 151 g/mol. The molecule has 10 heavy (non-hydrogen) atoms. The summed E-state index contributed by atoms with van der Waals surface area (Å²) >= 11 is 0. The van der Waals surface area contributed by atoms with Gasteiger partial charge in [-0.2, -0.15) is 0 Å². The second-order valence-electron chi connectivity index (χ2n) is 1.74. The Bertz CT molecular complexity index is 137. The summed E-state index contributed by atoms with van der Waals surface area (Å²) in [5.41, 5.74) is 0. The number of aliphatic hydroxyl groups excluding tert-OH is 3. The van der Waals surface area contributed by atoms with Crippen molar-refractivity contribution in [1.82, 2.24) is 0 Å². The lowest BCUT2D eigenvalue weighted by atomic mass is 10.1. The van der Waals surface area contributed by atoms with Gasteiger partial charge in [-0.15, -0.1) is 0 Å². The first-order chi connectivity index (χ1) is 4.95. The van der Waals surface area contributed by atoms with Gasteiger partial charge in [0.1, 0.15) is 18.3 Å². The minimum Gasteiger partial charge on any atom is -0.394 e. The van der Waals surface area contributed by atoms with Crippen LogP contribution in [0.15, 0.2) is 0 Å². The minimum absolute atomic E-state index is 0.226. The van der Waals surface area contributed by atoms with E-state index < -0.39 is 24.9 Å². The first-order valence-corrected chi connectivity index (χ1v) is 2.61. The maximum Gasteiger partial charge on any atom is 0.151 e. The Kier molecular flexibility index (Phi) is 3.31. The van der Waals surface area contributed by atoms with Gasteiger partial charge >= 0.3 is 0 Å². The summed E-state index contributed by atoms with van der Waals surface area (Å²) < 4.78 is 6.68. The first-order valence-electron chi connectivity index (χ1n) is 3.11. The summed E-state index contributed by atoms with van der Waals surface area (Å²) in [4.78, 5) is 9.90. The molecule has 0 saturated heterocycles. The van der Waals surface area contributed by atoms with Crippen molar-refractivity contribution in [3.8, 4) is 0 Å². The van der Waals surface area contributed by atoms with Crippen molar-refractivity contribution in [1.29, 1.82) is 0 Å². The summed E-state index contributed by atoms with van der Waals surface area (Å²) in [5.74, 6) is 0. The second kappa shape index (κ2) is 4.35. The summed E-state index contributed by atoms with van der Waals surface area (Å²) in [6.45, 7) is -0.823. The molecule has 5 heteroatoms. The van der Waals surface area contributed by atoms with E-state index in [-0.39, 0.29) is 6.29 Å². The van der Waals surface area contributed by atoms with Crippen LogP contribution in [0.2, 0.25) is 0 Å². The molecule has 0 amide bonds. The van der Waals surface area contributed by atoms with Gasteiger partial charge < -0.3 is 25.2 Å². The maximum absolute atomic E-state index is 9.90. The third-order valence-electron chi connectivity index (χ3n) is 0.975. The second-order valence-corrected chi connectivity index (χ2v) is 1.74. The molecular formula is C5H10O5. The molecule has 0 unspecified atom stereocenters. The van der Waals surface area contributed by atoms with Gasteiger partial charge in [0.2, 0.25) is 0 Å². The van der Waals surface area contributed by atoms with Crippen molar-refractivity contribution in [2.24, 2.45) is 0 Å². The molecule has 0 aliphatic carbocycles. The van der Waals surface area contributed by atoms with Crippen LogP contribution >= 0.6 is 0 Å². The Balaban J connectivity index is 4.21. The fourth-order valence-electron chi connectivity index (χ4n) is 0.367. The standard InChI is InChI=1S/C5H10O5/c6-1-3(8)5(10)4(9)2-7/h1,3-5,7-10H,2H2/t3-,4+,5-/m0/s1/i3D. The van der Waals surface area contributed by atoms with Crippen LogP contribution < -0.4 is 0 Å². The van der Waals surface area contributed by atoms with Crippen LogP contribution in [0.25, 0.3) is 0 Å². The number of carbonyl (C=O) groups is 1. The van der Waals surface area contributed by atoms with E-state index in [0.29, 0.717) is 0 Å². The van der Waals surface area contributed by atoms with Crippen molar-refractivity contribution in [3.05, 3.63) is 0 Å². The Morgan fingerprint density at radius 2 is 2.00 bits per heavy atom. The Morgan fingerprint density at radius 1 is 1.50 bits per heavy atom. The molecule has 0 aliphatic rings. The van der Waals surface area contributed by atoms with Crippen molar-refractivity contribution in [2.75, 3.05) is 6.61 Å². The maximum atomic E-state index is 9.90. The largest absolute Gasteiger partial charge is 0.394 e. The molecule has 3 atom stereocenters. The lowest BCUT2D eigenvalue weighted by molar-refractivity contribution is -0.127. The Hall–Kier alpha value is -0.490. The summed E-state index contributed by atoms with van der Waals surface area (Å²) in [7, 11) is 0. The van der Waals surface area contributed by atoms with Crippen LogP contribution in [0.1, 0.15) is 1.37 Å². The van der Waals surface area contributed by atoms with Crippen molar-refractivity contribution < 1.29 is 26.6 Å². The number of hydrogen-bond donors (Lipinski definition) is 4. The molecule has 0 heterocycles. The Labute approximate surface area is 58.9 Å². The van der Waals surface area contributed by atoms with Crippen LogP contribution in [-0.2, 0) is 4.79 Å². The summed E-state index contributed by atoms with van der Waals surface area (Å²) in [5, 5.41) is 34.3. The third kappa shape index (κ3) is 2.40. The first kappa shape index (κ1) is 7.62. The molecule has 0 fully saturated rings. The number of carbonyl (C=O) groups excluding carboxylic acids is 1. The monoisotopic (exact) mass is 151 g/mol. The highest BCUT2D eigenvalue weighted by molar-refractivity contribution is 5.56. The van der Waals surface area contributed by atoms with Crippen LogP contribution in [-0.4, -0.2) is 51.6 Å². The normalized spacial score (nSPS) is 24.2. The van der Waals surface area contributed by atoms with Gasteiger partial charge in [-0.05, 0) is 0 Å². The molecule has 0 saturated carbocycles. The van der Waals surface area contributed by atoms with Gasteiger partial charge in [0.25, 0.3) is 0 Å². The zero-order valence-corrected chi connectivity index (χ0v) is 5.14. The molecule has 0 bridgehead atoms. The van der Waals surface area contributed by atoms with E-state index in [4.69, 9.17) is 21.8 Å². The lowest BCUT2D eigenvalue weighted by Gasteiger charge is -2.16. The van der Waals surface area contributed by atoms with E-state index in [1.54, 1.807) is 0 Å². The molecule has 0 aromatic rings. The zero-order chi connectivity index (χ0) is 9.07. The van der Waals surface area contributed by atoms with Crippen LogP contribution in [0.5, 0.6) is 0 Å². The molecule has 0 aromatic heterocycles. The minimum atomic E-state index is -2.76. The molecule has 5 nitrogen and oxygen atoms in total. The Morgan fingerprint density at radius 3 is 2.30 bits per heavy atom. The van der Waals surface area contributed by atoms with Crippen LogP contribution in [0.3, 0.4) is 0 Å². The molecule has 60 valence electrons. The van der Waals surface area contributed by atoms with Gasteiger partial charge in [-0.3, -0.25) is 0 Å². The molecule has 0 rings (SSSR count). The number of aldehydes is 1. The highest BCUT2D eigenvalue weighted by atomic mass is 16.4. The van der Waals surface area contributed by atoms with Gasteiger partial charge in [0.05, 0.1) is 7.98 Å². The fourth-order valence-corrected chi connectivity index (χ4v) is 0.367. The smallest absolute Gasteiger partial charge is 0.151 e. The zero-order valence-electron chi connectivity index (χ0n) is 6.14. The lowest BCUT2D eigenvalue weighted by Crippen LogP contribution is -2.40. The van der Waals surface area contributed by atoms with E-state index >= 15 is 0 Å². The van der Waals surface area contributed by atoms with E-state index in [0.717, 1.165) is 0 Å². The topological polar surface area (TPSA) is 98.0 Å². The molecule has 0 radical (unpaired) electrons. The molecule has 0 spiro atoms. The SMILES string of the molecule is [2H][C@](O)(C=O)[C@H](O)[C@H](O)CO.